The van der Waals surface area contributed by atoms with E-state index >= 15 is 0 Å². The van der Waals surface area contributed by atoms with Gasteiger partial charge in [0.2, 0.25) is 0 Å². The lowest BCUT2D eigenvalue weighted by atomic mass is 10.0. The van der Waals surface area contributed by atoms with E-state index in [9.17, 15) is 0 Å². The van der Waals surface area contributed by atoms with Gasteiger partial charge in [-0.05, 0) is 56.3 Å². The van der Waals surface area contributed by atoms with Gasteiger partial charge in [0.05, 0.1) is 13.7 Å². The first kappa shape index (κ1) is 18.0. The topological polar surface area (TPSA) is 30.5 Å². The van der Waals surface area contributed by atoms with Crippen LogP contribution in [-0.4, -0.2) is 33.9 Å². The minimum Gasteiger partial charge on any atom is -0.496 e. The Hall–Kier alpha value is -1.06. The zero-order valence-electron chi connectivity index (χ0n) is 14.1. The van der Waals surface area contributed by atoms with Crippen molar-refractivity contribution in [1.82, 2.24) is 5.32 Å². The summed E-state index contributed by atoms with van der Waals surface area (Å²) < 4.78 is 10.4. The van der Waals surface area contributed by atoms with Gasteiger partial charge in [0.1, 0.15) is 5.75 Å². The standard InChI is InChI=1S/C18H31NO2/c1-15-13-17(14-16(2)18(15)21-4)9-7-5-6-8-10-19-11-12-20-3/h13-14,19H,5-12H2,1-4H3. The molecule has 1 aromatic carbocycles. The lowest BCUT2D eigenvalue weighted by Crippen LogP contribution is -2.20. The first-order valence-electron chi connectivity index (χ1n) is 8.02. The van der Waals surface area contributed by atoms with Crippen molar-refractivity contribution in [3.63, 3.8) is 0 Å². The van der Waals surface area contributed by atoms with Gasteiger partial charge in [-0.1, -0.05) is 25.0 Å². The van der Waals surface area contributed by atoms with Crippen molar-refractivity contribution in [1.29, 1.82) is 0 Å². The highest BCUT2D eigenvalue weighted by atomic mass is 16.5. The fourth-order valence-corrected chi connectivity index (χ4v) is 2.74. The van der Waals surface area contributed by atoms with E-state index in [4.69, 9.17) is 9.47 Å². The van der Waals surface area contributed by atoms with Crippen LogP contribution in [0.2, 0.25) is 0 Å². The van der Waals surface area contributed by atoms with Crippen LogP contribution >= 0.6 is 0 Å². The molecule has 0 heterocycles. The maximum atomic E-state index is 5.41. The predicted octanol–water partition coefficient (Wildman–Crippen LogP) is 3.65. The van der Waals surface area contributed by atoms with Crippen LogP contribution in [0.15, 0.2) is 12.1 Å². The van der Waals surface area contributed by atoms with Crippen LogP contribution in [0.1, 0.15) is 42.4 Å². The number of methoxy groups -OCH3 is 2. The molecule has 0 aromatic heterocycles. The number of benzene rings is 1. The molecule has 0 saturated heterocycles. The number of hydrogen-bond donors (Lipinski definition) is 1. The van der Waals surface area contributed by atoms with Gasteiger partial charge in [0, 0.05) is 13.7 Å². The Morgan fingerprint density at radius 2 is 1.57 bits per heavy atom. The fourth-order valence-electron chi connectivity index (χ4n) is 2.74. The van der Waals surface area contributed by atoms with Crippen molar-refractivity contribution in [3.05, 3.63) is 28.8 Å². The van der Waals surface area contributed by atoms with E-state index < -0.39 is 0 Å². The summed E-state index contributed by atoms with van der Waals surface area (Å²) >= 11 is 0. The lowest BCUT2D eigenvalue weighted by Gasteiger charge is -2.11. The first-order chi connectivity index (χ1) is 10.2. The van der Waals surface area contributed by atoms with Crippen LogP contribution in [-0.2, 0) is 11.2 Å². The molecule has 0 saturated carbocycles. The number of rotatable bonds is 11. The molecule has 120 valence electrons. The molecule has 3 heteroatoms. The third-order valence-corrected chi connectivity index (χ3v) is 3.78. The summed E-state index contributed by atoms with van der Waals surface area (Å²) in [6, 6.07) is 4.52. The van der Waals surface area contributed by atoms with Crippen molar-refractivity contribution >= 4 is 0 Å². The van der Waals surface area contributed by atoms with E-state index in [1.165, 1.54) is 48.8 Å². The minimum atomic E-state index is 0.802. The second-order valence-corrected chi connectivity index (χ2v) is 5.67. The molecular weight excluding hydrogens is 262 g/mol. The van der Waals surface area contributed by atoms with Crippen molar-refractivity contribution in [2.24, 2.45) is 0 Å². The summed E-state index contributed by atoms with van der Waals surface area (Å²) in [5.74, 6) is 1.03. The average Bonchev–Trinajstić information content (AvgIpc) is 2.45. The predicted molar refractivity (Wildman–Crippen MR) is 89.4 cm³/mol. The molecule has 0 aliphatic rings. The number of hydrogen-bond acceptors (Lipinski definition) is 3. The molecule has 3 nitrogen and oxygen atoms in total. The zero-order valence-corrected chi connectivity index (χ0v) is 14.1. The molecule has 1 rings (SSSR count). The van der Waals surface area contributed by atoms with Crippen LogP contribution in [0.4, 0.5) is 0 Å². The lowest BCUT2D eigenvalue weighted by molar-refractivity contribution is 0.199. The van der Waals surface area contributed by atoms with Crippen molar-refractivity contribution in [2.75, 3.05) is 33.9 Å². The van der Waals surface area contributed by atoms with Gasteiger partial charge in [-0.25, -0.2) is 0 Å². The maximum absolute atomic E-state index is 5.41. The van der Waals surface area contributed by atoms with E-state index in [2.05, 4.69) is 31.3 Å². The molecular formula is C18H31NO2. The van der Waals surface area contributed by atoms with E-state index in [1.54, 1.807) is 14.2 Å². The van der Waals surface area contributed by atoms with Gasteiger partial charge < -0.3 is 14.8 Å². The quantitative estimate of drug-likeness (QED) is 0.632. The van der Waals surface area contributed by atoms with Gasteiger partial charge >= 0.3 is 0 Å². The smallest absolute Gasteiger partial charge is 0.124 e. The normalized spacial score (nSPS) is 10.9. The molecule has 0 unspecified atom stereocenters. The second kappa shape index (κ2) is 10.6. The molecule has 1 aromatic rings. The summed E-state index contributed by atoms with van der Waals surface area (Å²) in [5.41, 5.74) is 3.92. The number of ether oxygens (including phenoxy) is 2. The molecule has 0 atom stereocenters. The molecule has 0 bridgehead atoms. The number of unbranched alkanes of at least 4 members (excludes halogenated alkanes) is 3. The monoisotopic (exact) mass is 293 g/mol. The summed E-state index contributed by atoms with van der Waals surface area (Å²) in [6.45, 7) is 7.11. The Labute approximate surface area is 130 Å². The average molecular weight is 293 g/mol. The van der Waals surface area contributed by atoms with Crippen LogP contribution in [0.5, 0.6) is 5.75 Å². The Bertz CT molecular complexity index is 381. The van der Waals surface area contributed by atoms with Gasteiger partial charge in [-0.3, -0.25) is 0 Å². The Balaban J connectivity index is 2.16. The summed E-state index contributed by atoms with van der Waals surface area (Å²) in [7, 11) is 3.49. The highest BCUT2D eigenvalue weighted by Crippen LogP contribution is 2.25. The molecule has 0 fully saturated rings. The van der Waals surface area contributed by atoms with E-state index in [0.29, 0.717) is 0 Å². The molecule has 0 aliphatic carbocycles. The first-order valence-corrected chi connectivity index (χ1v) is 8.02. The molecule has 1 N–H and O–H groups in total. The maximum Gasteiger partial charge on any atom is 0.124 e. The van der Waals surface area contributed by atoms with Crippen molar-refractivity contribution < 1.29 is 9.47 Å². The highest BCUT2D eigenvalue weighted by Gasteiger charge is 2.05. The van der Waals surface area contributed by atoms with Crippen LogP contribution in [0.3, 0.4) is 0 Å². The second-order valence-electron chi connectivity index (χ2n) is 5.67. The fraction of sp³-hybridized carbons (Fsp3) is 0.667. The Kier molecular flexibility index (Phi) is 9.11. The summed E-state index contributed by atoms with van der Waals surface area (Å²) in [5, 5.41) is 3.38. The van der Waals surface area contributed by atoms with Gasteiger partial charge in [-0.2, -0.15) is 0 Å². The molecule has 21 heavy (non-hydrogen) atoms. The highest BCUT2D eigenvalue weighted by molar-refractivity contribution is 5.43. The summed E-state index contributed by atoms with van der Waals surface area (Å²) in [4.78, 5) is 0. The number of nitrogens with one attached hydrogen (secondary N) is 1. The van der Waals surface area contributed by atoms with Gasteiger partial charge in [0.15, 0.2) is 0 Å². The van der Waals surface area contributed by atoms with Crippen molar-refractivity contribution in [3.8, 4) is 5.75 Å². The Morgan fingerprint density at radius 3 is 2.19 bits per heavy atom. The Morgan fingerprint density at radius 1 is 0.905 bits per heavy atom. The molecule has 0 amide bonds. The van der Waals surface area contributed by atoms with Crippen LogP contribution in [0, 0.1) is 13.8 Å². The van der Waals surface area contributed by atoms with Gasteiger partial charge in [0.25, 0.3) is 0 Å². The largest absolute Gasteiger partial charge is 0.496 e. The van der Waals surface area contributed by atoms with E-state index in [-0.39, 0.29) is 0 Å². The van der Waals surface area contributed by atoms with E-state index in [1.807, 2.05) is 0 Å². The molecule has 0 spiro atoms. The van der Waals surface area contributed by atoms with Gasteiger partial charge in [-0.15, -0.1) is 0 Å². The molecule has 0 radical (unpaired) electrons. The SMILES string of the molecule is COCCNCCCCCCc1cc(C)c(OC)c(C)c1. The summed E-state index contributed by atoms with van der Waals surface area (Å²) in [6.07, 6.45) is 6.29. The van der Waals surface area contributed by atoms with E-state index in [0.717, 1.165) is 25.4 Å². The number of aryl methyl sites for hydroxylation is 3. The van der Waals surface area contributed by atoms with Crippen molar-refractivity contribution in [2.45, 2.75) is 46.0 Å². The van der Waals surface area contributed by atoms with Crippen LogP contribution in [0.25, 0.3) is 0 Å². The van der Waals surface area contributed by atoms with Crippen LogP contribution < -0.4 is 10.1 Å². The molecule has 0 aliphatic heterocycles. The third-order valence-electron chi connectivity index (χ3n) is 3.78. The minimum absolute atomic E-state index is 0.802. The zero-order chi connectivity index (χ0) is 15.5. The third kappa shape index (κ3) is 6.96.